The van der Waals surface area contributed by atoms with Crippen molar-refractivity contribution in [3.05, 3.63) is 29.8 Å². The summed E-state index contributed by atoms with van der Waals surface area (Å²) in [6, 6.07) is 7.43. The maximum Gasteiger partial charge on any atom is 0.410 e. The van der Waals surface area contributed by atoms with Crippen LogP contribution >= 0.6 is 0 Å². The van der Waals surface area contributed by atoms with Crippen LogP contribution in [-0.2, 0) is 16.1 Å². The van der Waals surface area contributed by atoms with E-state index in [9.17, 15) is 14.4 Å². The number of urea groups is 1. The van der Waals surface area contributed by atoms with Crippen LogP contribution in [0, 0.1) is 0 Å². The first-order valence-electron chi connectivity index (χ1n) is 9.62. The summed E-state index contributed by atoms with van der Waals surface area (Å²) >= 11 is 0. The normalized spacial score (nSPS) is 18.8. The Morgan fingerprint density at radius 3 is 2.46 bits per heavy atom. The molecule has 3 rings (SSSR count). The molecule has 1 aromatic rings. The second kappa shape index (κ2) is 8.18. The topological polar surface area (TPSA) is 82.2 Å². The predicted octanol–water partition coefficient (Wildman–Crippen LogP) is 2.19. The van der Waals surface area contributed by atoms with Gasteiger partial charge in [-0.15, -0.1) is 0 Å². The van der Waals surface area contributed by atoms with Crippen molar-refractivity contribution in [1.29, 1.82) is 0 Å². The molecular weight excluding hydrogens is 360 g/mol. The predicted molar refractivity (Wildman–Crippen MR) is 105 cm³/mol. The molecule has 8 heteroatoms. The fourth-order valence-corrected chi connectivity index (χ4v) is 3.31. The number of carbonyl (C=O) groups excluding carboxylic acids is 3. The minimum Gasteiger partial charge on any atom is -0.444 e. The van der Waals surface area contributed by atoms with Crippen LogP contribution in [0.5, 0.6) is 0 Å². The van der Waals surface area contributed by atoms with Crippen LogP contribution in [0.1, 0.15) is 32.8 Å². The van der Waals surface area contributed by atoms with Gasteiger partial charge in [0.05, 0.1) is 0 Å². The Morgan fingerprint density at radius 2 is 1.82 bits per heavy atom. The van der Waals surface area contributed by atoms with Crippen LogP contribution in [0.3, 0.4) is 0 Å². The first-order chi connectivity index (χ1) is 13.2. The van der Waals surface area contributed by atoms with Crippen LogP contribution < -0.4 is 10.2 Å². The van der Waals surface area contributed by atoms with Crippen molar-refractivity contribution in [2.45, 2.75) is 39.3 Å². The number of rotatable bonds is 3. The monoisotopic (exact) mass is 388 g/mol. The van der Waals surface area contributed by atoms with Gasteiger partial charge < -0.3 is 9.64 Å². The summed E-state index contributed by atoms with van der Waals surface area (Å²) in [5.74, 6) is -0.236. The molecule has 152 valence electrons. The second-order valence-corrected chi connectivity index (χ2v) is 8.17. The van der Waals surface area contributed by atoms with Gasteiger partial charge in [0, 0.05) is 51.4 Å². The number of carbonyl (C=O) groups is 3. The summed E-state index contributed by atoms with van der Waals surface area (Å²) in [4.78, 5) is 41.1. The third-order valence-electron chi connectivity index (χ3n) is 4.71. The molecule has 0 aliphatic carbocycles. The Hall–Kier alpha value is -2.61. The molecule has 2 heterocycles. The Morgan fingerprint density at radius 1 is 1.11 bits per heavy atom. The molecule has 0 radical (unpaired) electrons. The van der Waals surface area contributed by atoms with E-state index in [0.29, 0.717) is 26.1 Å². The summed E-state index contributed by atoms with van der Waals surface area (Å²) < 4.78 is 5.43. The number of nitrogens with zero attached hydrogens (tertiary/aromatic N) is 3. The van der Waals surface area contributed by atoms with E-state index in [4.69, 9.17) is 4.74 Å². The van der Waals surface area contributed by atoms with E-state index < -0.39 is 5.60 Å². The van der Waals surface area contributed by atoms with Crippen LogP contribution in [0.4, 0.5) is 15.3 Å². The van der Waals surface area contributed by atoms with E-state index in [-0.39, 0.29) is 18.0 Å². The van der Waals surface area contributed by atoms with Gasteiger partial charge in [0.25, 0.3) is 0 Å². The van der Waals surface area contributed by atoms with Gasteiger partial charge in [0.15, 0.2) is 0 Å². The number of amides is 4. The SMILES string of the molecule is CC(C)(C)OC(=O)N1CCN(Cc2cccc(N3CCC(=O)NC3=O)c2)CC1. The van der Waals surface area contributed by atoms with Crippen molar-refractivity contribution < 1.29 is 19.1 Å². The summed E-state index contributed by atoms with van der Waals surface area (Å²) in [6.45, 7) is 9.53. The largest absolute Gasteiger partial charge is 0.444 e. The maximum atomic E-state index is 12.2. The summed E-state index contributed by atoms with van der Waals surface area (Å²) in [7, 11) is 0. The lowest BCUT2D eigenvalue weighted by Gasteiger charge is -2.35. The average molecular weight is 388 g/mol. The minimum absolute atomic E-state index is 0.236. The lowest BCUT2D eigenvalue weighted by Crippen LogP contribution is -2.50. The zero-order valence-corrected chi connectivity index (χ0v) is 16.7. The molecule has 1 aromatic carbocycles. The number of hydrogen-bond donors (Lipinski definition) is 1. The number of piperazine rings is 1. The number of ether oxygens (including phenoxy) is 1. The fraction of sp³-hybridized carbons (Fsp3) is 0.550. The third kappa shape index (κ3) is 5.22. The van der Waals surface area contributed by atoms with Gasteiger partial charge in [-0.3, -0.25) is 19.9 Å². The van der Waals surface area contributed by atoms with Crippen molar-refractivity contribution >= 4 is 23.7 Å². The Bertz CT molecular complexity index is 751. The van der Waals surface area contributed by atoms with Gasteiger partial charge in [-0.1, -0.05) is 12.1 Å². The zero-order valence-electron chi connectivity index (χ0n) is 16.7. The number of nitrogens with one attached hydrogen (secondary N) is 1. The quantitative estimate of drug-likeness (QED) is 0.858. The van der Waals surface area contributed by atoms with Gasteiger partial charge in [0.2, 0.25) is 5.91 Å². The molecule has 28 heavy (non-hydrogen) atoms. The van der Waals surface area contributed by atoms with Gasteiger partial charge in [-0.2, -0.15) is 0 Å². The van der Waals surface area contributed by atoms with Crippen molar-refractivity contribution in [1.82, 2.24) is 15.1 Å². The highest BCUT2D eigenvalue weighted by Crippen LogP contribution is 2.20. The van der Waals surface area contributed by atoms with Crippen molar-refractivity contribution in [2.75, 3.05) is 37.6 Å². The Labute approximate surface area is 165 Å². The molecule has 2 fully saturated rings. The first kappa shape index (κ1) is 20.1. The molecule has 0 unspecified atom stereocenters. The van der Waals surface area contributed by atoms with E-state index in [0.717, 1.165) is 30.9 Å². The molecule has 0 spiro atoms. The van der Waals surface area contributed by atoms with Crippen molar-refractivity contribution in [3.8, 4) is 0 Å². The highest BCUT2D eigenvalue weighted by molar-refractivity contribution is 6.05. The standard InChI is InChI=1S/C20H28N4O4/c1-20(2,3)28-19(27)23-11-9-22(10-12-23)14-15-5-4-6-16(13-15)24-8-7-17(25)21-18(24)26/h4-6,13H,7-12,14H2,1-3H3,(H,21,25,26). The summed E-state index contributed by atoms with van der Waals surface area (Å²) in [5.41, 5.74) is 1.39. The molecule has 2 aliphatic rings. The number of hydrogen-bond acceptors (Lipinski definition) is 5. The molecule has 2 aliphatic heterocycles. The molecule has 2 saturated heterocycles. The van der Waals surface area contributed by atoms with E-state index in [1.54, 1.807) is 9.80 Å². The van der Waals surface area contributed by atoms with Crippen molar-refractivity contribution in [2.24, 2.45) is 0 Å². The Balaban J connectivity index is 1.55. The van der Waals surface area contributed by atoms with Gasteiger partial charge in [0.1, 0.15) is 5.60 Å². The van der Waals surface area contributed by atoms with Crippen LogP contribution in [0.2, 0.25) is 0 Å². The molecule has 4 amide bonds. The zero-order chi connectivity index (χ0) is 20.3. The van der Waals surface area contributed by atoms with E-state index in [1.165, 1.54) is 0 Å². The van der Waals surface area contributed by atoms with Crippen LogP contribution in [-0.4, -0.2) is 66.2 Å². The first-order valence-corrected chi connectivity index (χ1v) is 9.62. The van der Waals surface area contributed by atoms with Gasteiger partial charge >= 0.3 is 12.1 Å². The third-order valence-corrected chi connectivity index (χ3v) is 4.71. The molecule has 0 atom stereocenters. The number of imide groups is 1. The maximum absolute atomic E-state index is 12.2. The molecule has 0 aromatic heterocycles. The molecule has 0 saturated carbocycles. The highest BCUT2D eigenvalue weighted by atomic mass is 16.6. The minimum atomic E-state index is -0.486. The molecule has 8 nitrogen and oxygen atoms in total. The molecule has 1 N–H and O–H groups in total. The summed E-state index contributed by atoms with van der Waals surface area (Å²) in [6.07, 6.45) is 0.0441. The lowest BCUT2D eigenvalue weighted by atomic mass is 10.1. The van der Waals surface area contributed by atoms with Crippen LogP contribution in [0.15, 0.2) is 24.3 Å². The van der Waals surface area contributed by atoms with Crippen LogP contribution in [0.25, 0.3) is 0 Å². The highest BCUT2D eigenvalue weighted by Gasteiger charge is 2.27. The second-order valence-electron chi connectivity index (χ2n) is 8.17. The van der Waals surface area contributed by atoms with E-state index >= 15 is 0 Å². The molecule has 0 bridgehead atoms. The van der Waals surface area contributed by atoms with Gasteiger partial charge in [-0.05, 0) is 38.5 Å². The average Bonchev–Trinajstić information content (AvgIpc) is 2.61. The van der Waals surface area contributed by atoms with E-state index in [2.05, 4.69) is 10.2 Å². The summed E-state index contributed by atoms with van der Waals surface area (Å²) in [5, 5.41) is 2.35. The smallest absolute Gasteiger partial charge is 0.410 e. The van der Waals surface area contributed by atoms with Crippen molar-refractivity contribution in [3.63, 3.8) is 0 Å². The number of benzene rings is 1. The Kier molecular flexibility index (Phi) is 5.88. The van der Waals surface area contributed by atoms with E-state index in [1.807, 2.05) is 45.0 Å². The lowest BCUT2D eigenvalue weighted by molar-refractivity contribution is -0.120. The van der Waals surface area contributed by atoms with Gasteiger partial charge in [-0.25, -0.2) is 9.59 Å². The fourth-order valence-electron chi connectivity index (χ4n) is 3.31. The number of anilines is 1. The molecular formula is C20H28N4O4.